The highest BCUT2D eigenvalue weighted by Gasteiger charge is 2.32. The van der Waals surface area contributed by atoms with E-state index in [9.17, 15) is 9.59 Å². The number of rotatable bonds is 6. The van der Waals surface area contributed by atoms with Crippen LogP contribution >= 0.6 is 11.8 Å². The summed E-state index contributed by atoms with van der Waals surface area (Å²) < 4.78 is 16.5. The van der Waals surface area contributed by atoms with Gasteiger partial charge in [-0.05, 0) is 42.7 Å². The Morgan fingerprint density at radius 1 is 1.03 bits per heavy atom. The first kappa shape index (κ1) is 22.3. The van der Waals surface area contributed by atoms with Crippen LogP contribution in [0.5, 0.6) is 17.2 Å². The Labute approximate surface area is 192 Å². The number of likely N-dealkylation sites (tertiary alicyclic amines) is 1. The van der Waals surface area contributed by atoms with Crippen molar-refractivity contribution in [3.63, 3.8) is 0 Å². The van der Waals surface area contributed by atoms with E-state index < -0.39 is 0 Å². The molecule has 2 aromatic rings. The van der Waals surface area contributed by atoms with E-state index in [-0.39, 0.29) is 30.0 Å². The molecule has 1 atom stereocenters. The summed E-state index contributed by atoms with van der Waals surface area (Å²) in [4.78, 5) is 30.7. The van der Waals surface area contributed by atoms with E-state index in [2.05, 4.69) is 0 Å². The van der Waals surface area contributed by atoms with E-state index in [1.807, 2.05) is 41.3 Å². The molecule has 32 heavy (non-hydrogen) atoms. The van der Waals surface area contributed by atoms with Crippen molar-refractivity contribution in [1.82, 2.24) is 4.90 Å². The van der Waals surface area contributed by atoms with Gasteiger partial charge in [0.1, 0.15) is 6.54 Å². The zero-order valence-electron chi connectivity index (χ0n) is 18.6. The Bertz CT molecular complexity index is 981. The van der Waals surface area contributed by atoms with Gasteiger partial charge < -0.3 is 24.0 Å². The number of ether oxygens (including phenoxy) is 3. The monoisotopic (exact) mass is 456 g/mol. The summed E-state index contributed by atoms with van der Waals surface area (Å²) in [5.41, 5.74) is 1.69. The van der Waals surface area contributed by atoms with E-state index in [0.29, 0.717) is 17.2 Å². The molecule has 1 saturated heterocycles. The van der Waals surface area contributed by atoms with Gasteiger partial charge in [0.15, 0.2) is 11.5 Å². The highest BCUT2D eigenvalue weighted by molar-refractivity contribution is 7.99. The van der Waals surface area contributed by atoms with Crippen molar-refractivity contribution in [2.24, 2.45) is 0 Å². The van der Waals surface area contributed by atoms with Crippen LogP contribution in [0, 0.1) is 0 Å². The fourth-order valence-corrected chi connectivity index (χ4v) is 5.49. The third-order valence-electron chi connectivity index (χ3n) is 5.90. The van der Waals surface area contributed by atoms with Gasteiger partial charge in [0.05, 0.1) is 27.0 Å². The maximum absolute atomic E-state index is 13.4. The van der Waals surface area contributed by atoms with Crippen molar-refractivity contribution in [2.75, 3.05) is 45.9 Å². The molecule has 1 unspecified atom stereocenters. The summed E-state index contributed by atoms with van der Waals surface area (Å²) in [7, 11) is 4.72. The molecule has 7 nitrogen and oxygen atoms in total. The zero-order valence-corrected chi connectivity index (χ0v) is 19.4. The maximum Gasteiger partial charge on any atom is 0.242 e. The van der Waals surface area contributed by atoms with E-state index in [0.717, 1.165) is 42.1 Å². The van der Waals surface area contributed by atoms with Crippen molar-refractivity contribution in [3.05, 3.63) is 42.0 Å². The third-order valence-corrected chi connectivity index (χ3v) is 7.22. The normalized spacial score (nSPS) is 18.2. The molecule has 8 heteroatoms. The molecule has 0 aliphatic carbocycles. The van der Waals surface area contributed by atoms with Gasteiger partial charge in [0.2, 0.25) is 17.6 Å². The highest BCUT2D eigenvalue weighted by Crippen LogP contribution is 2.49. The van der Waals surface area contributed by atoms with E-state index in [4.69, 9.17) is 14.2 Å². The first-order valence-corrected chi connectivity index (χ1v) is 11.6. The van der Waals surface area contributed by atoms with Crippen LogP contribution in [0.2, 0.25) is 0 Å². The molecule has 0 bridgehead atoms. The number of hydrogen-bond donors (Lipinski definition) is 0. The Balaban J connectivity index is 1.67. The fraction of sp³-hybridized carbons (Fsp3) is 0.417. The molecule has 2 amide bonds. The van der Waals surface area contributed by atoms with E-state index >= 15 is 0 Å². The minimum atomic E-state index is -0.163. The van der Waals surface area contributed by atoms with E-state index in [1.54, 1.807) is 38.0 Å². The van der Waals surface area contributed by atoms with Crippen molar-refractivity contribution >= 4 is 29.3 Å². The van der Waals surface area contributed by atoms with Crippen LogP contribution in [0.25, 0.3) is 0 Å². The van der Waals surface area contributed by atoms with Gasteiger partial charge in [0, 0.05) is 29.7 Å². The Hall–Kier alpha value is -2.87. The predicted molar refractivity (Wildman–Crippen MR) is 124 cm³/mol. The molecule has 2 aliphatic heterocycles. The number of amides is 2. The molecule has 2 heterocycles. The van der Waals surface area contributed by atoms with Crippen LogP contribution in [-0.4, -0.2) is 57.7 Å². The number of methoxy groups -OCH3 is 3. The number of thioether (sulfide) groups is 1. The summed E-state index contributed by atoms with van der Waals surface area (Å²) in [6, 6.07) is 11.5. The number of anilines is 1. The molecular formula is C24H28N2O5S. The molecule has 2 aliphatic rings. The second-order valence-electron chi connectivity index (χ2n) is 7.80. The topological polar surface area (TPSA) is 68.3 Å². The van der Waals surface area contributed by atoms with Crippen LogP contribution in [0.3, 0.4) is 0 Å². The second kappa shape index (κ2) is 9.73. The van der Waals surface area contributed by atoms with Crippen LogP contribution in [0.4, 0.5) is 5.69 Å². The molecule has 0 N–H and O–H groups in total. The smallest absolute Gasteiger partial charge is 0.242 e. The highest BCUT2D eigenvalue weighted by atomic mass is 32.2. The molecule has 4 rings (SSSR count). The van der Waals surface area contributed by atoms with Crippen LogP contribution in [-0.2, 0) is 9.59 Å². The molecule has 0 saturated carbocycles. The molecule has 0 spiro atoms. The Morgan fingerprint density at radius 2 is 1.69 bits per heavy atom. The van der Waals surface area contributed by atoms with Gasteiger partial charge in [-0.25, -0.2) is 0 Å². The quantitative estimate of drug-likeness (QED) is 0.657. The number of carbonyl (C=O) groups is 2. The van der Waals surface area contributed by atoms with Gasteiger partial charge in [-0.15, -0.1) is 11.8 Å². The number of carbonyl (C=O) groups excluding carboxylic acids is 2. The average Bonchev–Trinajstić information content (AvgIpc) is 3.32. The van der Waals surface area contributed by atoms with Gasteiger partial charge in [-0.1, -0.05) is 12.1 Å². The van der Waals surface area contributed by atoms with Crippen LogP contribution in [0.15, 0.2) is 41.3 Å². The average molecular weight is 457 g/mol. The standard InChI is InChI=1S/C24H28N2O5S/c1-29-18-12-16(13-19(30-2)24(18)31-3)21-14-22(27)26(15-23(28)25-10-6-7-11-25)17-8-4-5-9-20(17)32-21/h4-5,8-9,12-13,21H,6-7,10-11,14-15H2,1-3H3. The van der Waals surface area contributed by atoms with Crippen molar-refractivity contribution in [3.8, 4) is 17.2 Å². The lowest BCUT2D eigenvalue weighted by Crippen LogP contribution is -2.42. The SMILES string of the molecule is COc1cc(C2CC(=O)N(CC(=O)N3CCCC3)c3ccccc3S2)cc(OC)c1OC. The zero-order chi connectivity index (χ0) is 22.7. The Morgan fingerprint density at radius 3 is 2.31 bits per heavy atom. The first-order valence-electron chi connectivity index (χ1n) is 10.7. The van der Waals surface area contributed by atoms with Crippen LogP contribution in [0.1, 0.15) is 30.1 Å². The predicted octanol–water partition coefficient (Wildman–Crippen LogP) is 3.90. The summed E-state index contributed by atoms with van der Waals surface area (Å²) >= 11 is 1.61. The number of para-hydroxylation sites is 1. The molecular weight excluding hydrogens is 428 g/mol. The number of nitrogens with zero attached hydrogens (tertiary/aromatic N) is 2. The van der Waals surface area contributed by atoms with E-state index in [1.165, 1.54) is 0 Å². The first-order chi connectivity index (χ1) is 15.5. The Kier molecular flexibility index (Phi) is 6.79. The lowest BCUT2D eigenvalue weighted by molar-refractivity contribution is -0.130. The minimum absolute atomic E-state index is 0.00175. The molecule has 2 aromatic carbocycles. The van der Waals surface area contributed by atoms with Crippen molar-refractivity contribution in [2.45, 2.75) is 29.4 Å². The van der Waals surface area contributed by atoms with Crippen molar-refractivity contribution in [1.29, 1.82) is 0 Å². The summed E-state index contributed by atoms with van der Waals surface area (Å²) in [6.45, 7) is 1.61. The van der Waals surface area contributed by atoms with Gasteiger partial charge >= 0.3 is 0 Å². The van der Waals surface area contributed by atoms with Crippen LogP contribution < -0.4 is 19.1 Å². The van der Waals surface area contributed by atoms with Gasteiger partial charge in [-0.2, -0.15) is 0 Å². The number of benzene rings is 2. The summed E-state index contributed by atoms with van der Waals surface area (Å²) in [5.74, 6) is 1.54. The summed E-state index contributed by atoms with van der Waals surface area (Å²) in [6.07, 6.45) is 2.30. The molecule has 0 aromatic heterocycles. The lowest BCUT2D eigenvalue weighted by Gasteiger charge is -2.25. The maximum atomic E-state index is 13.4. The molecule has 1 fully saturated rings. The second-order valence-corrected chi connectivity index (χ2v) is 9.05. The number of hydrogen-bond acceptors (Lipinski definition) is 6. The van der Waals surface area contributed by atoms with Crippen molar-refractivity contribution < 1.29 is 23.8 Å². The summed E-state index contributed by atoms with van der Waals surface area (Å²) in [5, 5.41) is -0.163. The fourth-order valence-electron chi connectivity index (χ4n) is 4.23. The lowest BCUT2D eigenvalue weighted by atomic mass is 10.1. The molecule has 170 valence electrons. The van der Waals surface area contributed by atoms with Gasteiger partial charge in [0.25, 0.3) is 0 Å². The molecule has 0 radical (unpaired) electrons. The third kappa shape index (κ3) is 4.37. The van der Waals surface area contributed by atoms with Gasteiger partial charge in [-0.3, -0.25) is 9.59 Å². The largest absolute Gasteiger partial charge is 0.493 e. The number of fused-ring (bicyclic) bond motifs is 1. The minimum Gasteiger partial charge on any atom is -0.493 e.